The molecule has 0 fully saturated rings. The van der Waals surface area contributed by atoms with E-state index in [-0.39, 0.29) is 17.2 Å². The minimum Gasteiger partial charge on any atom is -0.507 e. The molecule has 3 rings (SSSR count). The van der Waals surface area contributed by atoms with Gasteiger partial charge in [-0.15, -0.1) is 0 Å². The summed E-state index contributed by atoms with van der Waals surface area (Å²) in [6.45, 7) is 1.98. The number of carboxylic acids is 1. The standard InChI is InChI=1S/C20H18N2O4/c1-2-6-17-16(12-13-7-3-4-10-18(13)23)19(24)22(21-17)15-9-5-8-14(11-15)20(25)26/h3-5,7-12,23H,2,6H2,1H3,(H,25,26)/b16-12+. The third kappa shape index (κ3) is 3.35. The predicted octanol–water partition coefficient (Wildman–Crippen LogP) is 3.68. The Morgan fingerprint density at radius 3 is 2.65 bits per heavy atom. The molecule has 0 aromatic heterocycles. The fourth-order valence-electron chi connectivity index (χ4n) is 2.73. The summed E-state index contributed by atoms with van der Waals surface area (Å²) in [5.74, 6) is -1.34. The second-order valence-corrected chi connectivity index (χ2v) is 5.89. The number of amides is 1. The summed E-state index contributed by atoms with van der Waals surface area (Å²) in [5, 5.41) is 24.7. The Morgan fingerprint density at radius 2 is 1.96 bits per heavy atom. The lowest BCUT2D eigenvalue weighted by molar-refractivity contribution is -0.114. The van der Waals surface area contributed by atoms with Gasteiger partial charge in [0.15, 0.2) is 0 Å². The van der Waals surface area contributed by atoms with Gasteiger partial charge in [-0.25, -0.2) is 4.79 Å². The number of carbonyl (C=O) groups excluding carboxylic acids is 1. The summed E-state index contributed by atoms with van der Waals surface area (Å²) in [6, 6.07) is 12.8. The number of nitrogens with zero attached hydrogens (tertiary/aromatic N) is 2. The summed E-state index contributed by atoms with van der Waals surface area (Å²) >= 11 is 0. The first-order valence-electron chi connectivity index (χ1n) is 8.26. The van der Waals surface area contributed by atoms with Crippen LogP contribution in [0.25, 0.3) is 6.08 Å². The number of aromatic carboxylic acids is 1. The molecule has 1 aliphatic rings. The molecule has 2 aromatic rings. The first kappa shape index (κ1) is 17.4. The van der Waals surface area contributed by atoms with Gasteiger partial charge in [-0.05, 0) is 36.8 Å². The number of carbonyl (C=O) groups is 2. The maximum absolute atomic E-state index is 12.9. The maximum atomic E-state index is 12.9. The van der Waals surface area contributed by atoms with Crippen molar-refractivity contribution in [2.75, 3.05) is 5.01 Å². The summed E-state index contributed by atoms with van der Waals surface area (Å²) < 4.78 is 0. The molecule has 6 nitrogen and oxygen atoms in total. The number of carboxylic acid groups (broad SMARTS) is 1. The first-order chi connectivity index (χ1) is 12.5. The summed E-state index contributed by atoms with van der Waals surface area (Å²) in [4.78, 5) is 24.1. The van der Waals surface area contributed by atoms with Crippen molar-refractivity contribution in [3.8, 4) is 5.75 Å². The molecule has 2 N–H and O–H groups in total. The highest BCUT2D eigenvalue weighted by Crippen LogP contribution is 2.29. The topological polar surface area (TPSA) is 90.2 Å². The van der Waals surface area contributed by atoms with E-state index in [4.69, 9.17) is 5.11 Å². The van der Waals surface area contributed by atoms with E-state index >= 15 is 0 Å². The zero-order chi connectivity index (χ0) is 18.7. The van der Waals surface area contributed by atoms with Crippen LogP contribution in [0, 0.1) is 0 Å². The minimum absolute atomic E-state index is 0.0787. The van der Waals surface area contributed by atoms with E-state index in [1.165, 1.54) is 17.1 Å². The van der Waals surface area contributed by atoms with Gasteiger partial charge in [0, 0.05) is 5.56 Å². The number of para-hydroxylation sites is 1. The third-order valence-corrected chi connectivity index (χ3v) is 4.02. The monoisotopic (exact) mass is 350 g/mol. The molecule has 2 aromatic carbocycles. The van der Waals surface area contributed by atoms with Crippen molar-refractivity contribution in [3.63, 3.8) is 0 Å². The molecule has 0 radical (unpaired) electrons. The third-order valence-electron chi connectivity index (χ3n) is 4.02. The number of rotatable bonds is 5. The van der Waals surface area contributed by atoms with E-state index < -0.39 is 5.97 Å². The molecule has 0 spiro atoms. The van der Waals surface area contributed by atoms with Crippen LogP contribution in [-0.2, 0) is 4.79 Å². The van der Waals surface area contributed by atoms with E-state index in [1.807, 2.05) is 6.92 Å². The van der Waals surface area contributed by atoms with Crippen molar-refractivity contribution in [2.45, 2.75) is 19.8 Å². The largest absolute Gasteiger partial charge is 0.507 e. The van der Waals surface area contributed by atoms with Crippen molar-refractivity contribution >= 4 is 29.4 Å². The van der Waals surface area contributed by atoms with Crippen LogP contribution >= 0.6 is 0 Å². The number of anilines is 1. The zero-order valence-electron chi connectivity index (χ0n) is 14.2. The summed E-state index contributed by atoms with van der Waals surface area (Å²) in [5.41, 5.74) is 2.02. The summed E-state index contributed by atoms with van der Waals surface area (Å²) in [7, 11) is 0. The lowest BCUT2D eigenvalue weighted by atomic mass is 10.0. The zero-order valence-corrected chi connectivity index (χ0v) is 14.2. The van der Waals surface area contributed by atoms with Crippen LogP contribution in [0.1, 0.15) is 35.7 Å². The van der Waals surface area contributed by atoms with Gasteiger partial charge < -0.3 is 10.2 Å². The minimum atomic E-state index is -1.07. The number of aromatic hydroxyl groups is 1. The number of benzene rings is 2. The number of hydrogen-bond acceptors (Lipinski definition) is 4. The Balaban J connectivity index is 2.03. The van der Waals surface area contributed by atoms with Crippen molar-refractivity contribution in [1.29, 1.82) is 0 Å². The fraction of sp³-hybridized carbons (Fsp3) is 0.150. The number of phenolic OH excluding ortho intramolecular Hbond substituents is 1. The number of hydrazone groups is 1. The molecule has 0 saturated heterocycles. The Labute approximate surface area is 150 Å². The first-order valence-corrected chi connectivity index (χ1v) is 8.26. The molecule has 1 aliphatic heterocycles. The van der Waals surface area contributed by atoms with E-state index in [9.17, 15) is 14.7 Å². The maximum Gasteiger partial charge on any atom is 0.335 e. The average molecular weight is 350 g/mol. The predicted molar refractivity (Wildman–Crippen MR) is 99.3 cm³/mol. The van der Waals surface area contributed by atoms with Crippen LogP contribution < -0.4 is 5.01 Å². The van der Waals surface area contributed by atoms with E-state index in [1.54, 1.807) is 42.5 Å². The smallest absolute Gasteiger partial charge is 0.335 e. The fourth-order valence-corrected chi connectivity index (χ4v) is 2.73. The molecule has 0 saturated carbocycles. The van der Waals surface area contributed by atoms with Crippen molar-refractivity contribution in [2.24, 2.45) is 5.10 Å². The Morgan fingerprint density at radius 1 is 1.19 bits per heavy atom. The molecule has 0 unspecified atom stereocenters. The molecule has 26 heavy (non-hydrogen) atoms. The normalized spacial score (nSPS) is 15.4. The van der Waals surface area contributed by atoms with Crippen LogP contribution in [0.2, 0.25) is 0 Å². The molecule has 1 heterocycles. The van der Waals surface area contributed by atoms with Crippen LogP contribution in [0.4, 0.5) is 5.69 Å². The van der Waals surface area contributed by atoms with Gasteiger partial charge in [-0.3, -0.25) is 4.79 Å². The van der Waals surface area contributed by atoms with Crippen molar-refractivity contribution in [3.05, 3.63) is 65.2 Å². The van der Waals surface area contributed by atoms with Gasteiger partial charge in [-0.1, -0.05) is 37.6 Å². The van der Waals surface area contributed by atoms with Crippen molar-refractivity contribution in [1.82, 2.24) is 0 Å². The molecular formula is C20H18N2O4. The van der Waals surface area contributed by atoms with Gasteiger partial charge >= 0.3 is 5.97 Å². The Hall–Kier alpha value is -3.41. The number of phenols is 1. The molecule has 1 amide bonds. The van der Waals surface area contributed by atoms with Crippen molar-refractivity contribution < 1.29 is 19.8 Å². The Bertz CT molecular complexity index is 931. The van der Waals surface area contributed by atoms with Gasteiger partial charge in [0.05, 0.1) is 22.5 Å². The SMILES string of the molecule is CCCC1=NN(c2cccc(C(=O)O)c2)C(=O)/C1=C/c1ccccc1O. The summed E-state index contributed by atoms with van der Waals surface area (Å²) in [6.07, 6.45) is 3.01. The molecule has 0 aliphatic carbocycles. The van der Waals surface area contributed by atoms with Gasteiger partial charge in [0.1, 0.15) is 5.75 Å². The van der Waals surface area contributed by atoms with Crippen LogP contribution in [0.3, 0.4) is 0 Å². The lowest BCUT2D eigenvalue weighted by Gasteiger charge is -2.12. The van der Waals surface area contributed by atoms with Crippen LogP contribution in [0.15, 0.2) is 59.2 Å². The van der Waals surface area contributed by atoms with E-state index in [2.05, 4.69) is 5.10 Å². The van der Waals surface area contributed by atoms with E-state index in [0.717, 1.165) is 6.42 Å². The quantitative estimate of drug-likeness (QED) is 0.805. The highest BCUT2D eigenvalue weighted by molar-refractivity contribution is 6.32. The highest BCUT2D eigenvalue weighted by atomic mass is 16.4. The molecule has 6 heteroatoms. The van der Waals surface area contributed by atoms with Gasteiger partial charge in [0.2, 0.25) is 0 Å². The van der Waals surface area contributed by atoms with Crippen LogP contribution in [-0.4, -0.2) is 27.8 Å². The molecule has 0 bridgehead atoms. The number of hydrogen-bond donors (Lipinski definition) is 2. The lowest BCUT2D eigenvalue weighted by Crippen LogP contribution is -2.21. The second-order valence-electron chi connectivity index (χ2n) is 5.89. The molecule has 132 valence electrons. The molecular weight excluding hydrogens is 332 g/mol. The van der Waals surface area contributed by atoms with Crippen LogP contribution in [0.5, 0.6) is 5.75 Å². The van der Waals surface area contributed by atoms with E-state index in [0.29, 0.717) is 29.0 Å². The Kier molecular flexibility index (Phi) is 4.84. The second kappa shape index (κ2) is 7.23. The molecule has 0 atom stereocenters. The average Bonchev–Trinajstić information content (AvgIpc) is 2.93. The highest BCUT2D eigenvalue weighted by Gasteiger charge is 2.31. The van der Waals surface area contributed by atoms with Gasteiger partial charge in [0.25, 0.3) is 5.91 Å². The van der Waals surface area contributed by atoms with Gasteiger partial charge in [-0.2, -0.15) is 10.1 Å².